The highest BCUT2D eigenvalue weighted by atomic mass is 32.1. The number of nitrogens with one attached hydrogen (secondary N) is 1. The van der Waals surface area contributed by atoms with Crippen LogP contribution in [0.15, 0.2) is 36.7 Å². The lowest BCUT2D eigenvalue weighted by atomic mass is 9.92. The fraction of sp³-hybridized carbons (Fsp3) is 0.440. The number of nitrogens with zero attached hydrogens (tertiary/aromatic N) is 3. The summed E-state index contributed by atoms with van der Waals surface area (Å²) in [6.45, 7) is 3.55. The summed E-state index contributed by atoms with van der Waals surface area (Å²) in [5, 5.41) is 4.63. The maximum Gasteiger partial charge on any atom is 0.184 e. The van der Waals surface area contributed by atoms with E-state index in [0.717, 1.165) is 47.7 Å². The first kappa shape index (κ1) is 22.0. The quantitative estimate of drug-likeness (QED) is 0.371. The van der Waals surface area contributed by atoms with Gasteiger partial charge >= 0.3 is 0 Å². The van der Waals surface area contributed by atoms with Crippen molar-refractivity contribution in [2.75, 3.05) is 26.1 Å². The summed E-state index contributed by atoms with van der Waals surface area (Å²) in [6, 6.07) is 10.7. The van der Waals surface area contributed by atoms with Crippen LogP contribution in [0.1, 0.15) is 38.2 Å². The summed E-state index contributed by atoms with van der Waals surface area (Å²) in [5.41, 5.74) is 4.13. The number of fused-ring (bicyclic) bond motifs is 2. The van der Waals surface area contributed by atoms with Gasteiger partial charge in [0.2, 0.25) is 0 Å². The van der Waals surface area contributed by atoms with Crippen molar-refractivity contribution in [3.05, 3.63) is 42.2 Å². The van der Waals surface area contributed by atoms with Gasteiger partial charge in [-0.2, -0.15) is 0 Å². The topological polar surface area (TPSA) is 70.4 Å². The van der Waals surface area contributed by atoms with Crippen molar-refractivity contribution in [3.8, 4) is 11.5 Å². The smallest absolute Gasteiger partial charge is 0.184 e. The van der Waals surface area contributed by atoms with Crippen LogP contribution >= 0.6 is 11.3 Å². The van der Waals surface area contributed by atoms with Crippen LogP contribution in [0, 0.1) is 0 Å². The Morgan fingerprint density at radius 2 is 1.88 bits per heavy atom. The second-order valence-corrected chi connectivity index (χ2v) is 9.45. The number of hydrogen-bond acceptors (Lipinski definition) is 7. The van der Waals surface area contributed by atoms with Crippen molar-refractivity contribution in [3.63, 3.8) is 0 Å². The summed E-state index contributed by atoms with van der Waals surface area (Å²) < 4.78 is 20.2. The monoisotopic (exact) mass is 466 g/mol. The van der Waals surface area contributed by atoms with Crippen LogP contribution < -0.4 is 14.8 Å². The molecule has 1 fully saturated rings. The number of rotatable bonds is 8. The highest BCUT2D eigenvalue weighted by molar-refractivity contribution is 7.22. The third kappa shape index (κ3) is 4.50. The van der Waals surface area contributed by atoms with E-state index in [1.807, 2.05) is 18.5 Å². The predicted octanol–water partition coefficient (Wildman–Crippen LogP) is 5.47. The Kier molecular flexibility index (Phi) is 6.37. The second kappa shape index (κ2) is 9.57. The van der Waals surface area contributed by atoms with E-state index in [4.69, 9.17) is 19.2 Å². The largest absolute Gasteiger partial charge is 0.493 e. The van der Waals surface area contributed by atoms with Gasteiger partial charge in [0, 0.05) is 25.3 Å². The van der Waals surface area contributed by atoms with Crippen molar-refractivity contribution in [2.45, 2.75) is 51.3 Å². The Balaban J connectivity index is 1.37. The predicted molar refractivity (Wildman–Crippen MR) is 133 cm³/mol. The Labute approximate surface area is 197 Å². The number of benzene rings is 2. The molecule has 2 heterocycles. The molecule has 4 aromatic rings. The molecular weight excluding hydrogens is 436 g/mol. The van der Waals surface area contributed by atoms with E-state index in [9.17, 15) is 0 Å². The Hall–Kier alpha value is -2.84. The molecule has 0 amide bonds. The number of ether oxygens (including phenoxy) is 3. The van der Waals surface area contributed by atoms with Crippen molar-refractivity contribution < 1.29 is 14.2 Å². The molecule has 2 atom stereocenters. The molecule has 2 aromatic carbocycles. The minimum absolute atomic E-state index is 0.275. The lowest BCUT2D eigenvalue weighted by Gasteiger charge is -2.31. The molecule has 1 aliphatic rings. The van der Waals surface area contributed by atoms with E-state index in [-0.39, 0.29) is 6.10 Å². The molecule has 174 valence electrons. The van der Waals surface area contributed by atoms with Crippen LogP contribution in [0.3, 0.4) is 0 Å². The van der Waals surface area contributed by atoms with Gasteiger partial charge in [0.25, 0.3) is 0 Å². The lowest BCUT2D eigenvalue weighted by molar-refractivity contribution is 0.0280. The molecule has 7 nitrogen and oxygen atoms in total. The summed E-state index contributed by atoms with van der Waals surface area (Å²) in [6.07, 6.45) is 6.88. The third-order valence-electron chi connectivity index (χ3n) is 6.32. The molecule has 2 aromatic heterocycles. The zero-order chi connectivity index (χ0) is 22.8. The van der Waals surface area contributed by atoms with E-state index in [1.165, 1.54) is 23.1 Å². The van der Waals surface area contributed by atoms with Crippen LogP contribution in [-0.4, -0.2) is 47.5 Å². The summed E-state index contributed by atoms with van der Waals surface area (Å²) in [4.78, 5) is 9.38. The standard InChI is InChI=1S/C25H30N4O3S/c1-4-32-21-8-6-5-7-17(21)27-25-28-18-10-9-16(11-24(18)33-25)14-29-15-26-19-12-22(30-2)23(31-3)13-20(19)29/h9-13,15,17,21H,4-8,14H2,1-3H3,(H,27,28). The molecule has 2 unspecified atom stereocenters. The summed E-state index contributed by atoms with van der Waals surface area (Å²) in [5.74, 6) is 1.39. The number of anilines is 1. The number of methoxy groups -OCH3 is 2. The van der Waals surface area contributed by atoms with Crippen LogP contribution in [0.4, 0.5) is 5.13 Å². The Morgan fingerprint density at radius 3 is 2.70 bits per heavy atom. The third-order valence-corrected chi connectivity index (χ3v) is 7.27. The molecule has 5 rings (SSSR count). The first-order valence-corrected chi connectivity index (χ1v) is 12.3. The Bertz CT molecular complexity index is 1250. The second-order valence-electron chi connectivity index (χ2n) is 8.42. The average Bonchev–Trinajstić information content (AvgIpc) is 3.42. The van der Waals surface area contributed by atoms with E-state index in [0.29, 0.717) is 17.5 Å². The molecule has 1 N–H and O–H groups in total. The van der Waals surface area contributed by atoms with Gasteiger partial charge in [0.05, 0.1) is 53.9 Å². The van der Waals surface area contributed by atoms with Gasteiger partial charge in [-0.3, -0.25) is 0 Å². The number of hydrogen-bond donors (Lipinski definition) is 1. The summed E-state index contributed by atoms with van der Waals surface area (Å²) >= 11 is 1.71. The van der Waals surface area contributed by atoms with E-state index in [2.05, 4.69) is 40.0 Å². The number of imidazole rings is 1. The SMILES string of the molecule is CCOC1CCCCC1Nc1nc2ccc(Cn3cnc4cc(OC)c(OC)cc43)cc2s1. The first-order chi connectivity index (χ1) is 16.2. The molecule has 0 bridgehead atoms. The summed E-state index contributed by atoms with van der Waals surface area (Å²) in [7, 11) is 3.29. The van der Waals surface area contributed by atoms with Gasteiger partial charge < -0.3 is 24.1 Å². The number of thiazole rings is 1. The minimum atomic E-state index is 0.275. The van der Waals surface area contributed by atoms with Gasteiger partial charge in [-0.25, -0.2) is 9.97 Å². The fourth-order valence-corrected chi connectivity index (χ4v) is 5.66. The van der Waals surface area contributed by atoms with Crippen LogP contribution in [-0.2, 0) is 11.3 Å². The van der Waals surface area contributed by atoms with Gasteiger partial charge in [0.15, 0.2) is 16.6 Å². The first-order valence-electron chi connectivity index (χ1n) is 11.5. The molecule has 0 saturated heterocycles. The molecule has 1 aliphatic carbocycles. The molecule has 33 heavy (non-hydrogen) atoms. The van der Waals surface area contributed by atoms with Gasteiger partial charge in [-0.05, 0) is 37.5 Å². The molecule has 8 heteroatoms. The van der Waals surface area contributed by atoms with E-state index < -0.39 is 0 Å². The molecule has 0 aliphatic heterocycles. The molecule has 0 spiro atoms. The fourth-order valence-electron chi connectivity index (χ4n) is 4.67. The minimum Gasteiger partial charge on any atom is -0.493 e. The van der Waals surface area contributed by atoms with Crippen molar-refractivity contribution >= 4 is 37.7 Å². The molecular formula is C25H30N4O3S. The highest BCUT2D eigenvalue weighted by Gasteiger charge is 2.26. The maximum absolute atomic E-state index is 5.97. The lowest BCUT2D eigenvalue weighted by Crippen LogP contribution is -2.38. The van der Waals surface area contributed by atoms with Crippen molar-refractivity contribution in [2.24, 2.45) is 0 Å². The Morgan fingerprint density at radius 1 is 1.06 bits per heavy atom. The van der Waals surface area contributed by atoms with Gasteiger partial charge in [0.1, 0.15) is 0 Å². The van der Waals surface area contributed by atoms with Crippen molar-refractivity contribution in [1.82, 2.24) is 14.5 Å². The zero-order valence-electron chi connectivity index (χ0n) is 19.3. The molecule has 0 radical (unpaired) electrons. The van der Waals surface area contributed by atoms with E-state index >= 15 is 0 Å². The van der Waals surface area contributed by atoms with Crippen LogP contribution in [0.2, 0.25) is 0 Å². The molecule has 1 saturated carbocycles. The van der Waals surface area contributed by atoms with E-state index in [1.54, 1.807) is 25.6 Å². The van der Waals surface area contributed by atoms with Crippen LogP contribution in [0.25, 0.3) is 21.3 Å². The van der Waals surface area contributed by atoms with Gasteiger partial charge in [-0.15, -0.1) is 0 Å². The maximum atomic E-state index is 5.97. The van der Waals surface area contributed by atoms with Gasteiger partial charge in [-0.1, -0.05) is 30.2 Å². The highest BCUT2D eigenvalue weighted by Crippen LogP contribution is 2.33. The average molecular weight is 467 g/mol. The van der Waals surface area contributed by atoms with Crippen molar-refractivity contribution in [1.29, 1.82) is 0 Å². The van der Waals surface area contributed by atoms with Crippen LogP contribution in [0.5, 0.6) is 11.5 Å². The zero-order valence-corrected chi connectivity index (χ0v) is 20.2. The normalized spacial score (nSPS) is 18.6. The number of aromatic nitrogens is 3.